The predicted octanol–water partition coefficient (Wildman–Crippen LogP) is 3.28. The molecule has 0 bridgehead atoms. The second kappa shape index (κ2) is 9.82. The van der Waals surface area contributed by atoms with E-state index in [9.17, 15) is 9.90 Å². The van der Waals surface area contributed by atoms with E-state index in [0.29, 0.717) is 31.7 Å². The van der Waals surface area contributed by atoms with E-state index >= 15 is 0 Å². The Bertz CT molecular complexity index is 354. The predicted molar refractivity (Wildman–Crippen MR) is 76.0 cm³/mol. The van der Waals surface area contributed by atoms with Gasteiger partial charge in [-0.2, -0.15) is 0 Å². The summed E-state index contributed by atoms with van der Waals surface area (Å²) in [5.41, 5.74) is 0.994. The first-order valence-electron chi connectivity index (χ1n) is 6.66. The van der Waals surface area contributed by atoms with Crippen molar-refractivity contribution in [2.24, 2.45) is 0 Å². The number of rotatable bonds is 9. The normalized spacial score (nSPS) is 12.1. The number of hydrogen-bond acceptors (Lipinski definition) is 3. The molecule has 0 aliphatic heterocycles. The van der Waals surface area contributed by atoms with Crippen molar-refractivity contribution < 1.29 is 14.6 Å². The molecule has 1 N–H and O–H groups in total. The van der Waals surface area contributed by atoms with E-state index in [1.165, 1.54) is 0 Å². The lowest BCUT2D eigenvalue weighted by Crippen LogP contribution is -2.08. The molecule has 3 nitrogen and oxygen atoms in total. The fraction of sp³-hybridized carbons (Fsp3) is 0.533. The standard InChI is InChI=1S/C15H21ClO3/c16-11-10-14(17)8-4-5-9-15(18)19-12-13-6-2-1-3-7-13/h1-3,6-7,14,17H,4-5,8-12H2/t14-/m1/s1. The third kappa shape index (κ3) is 7.85. The van der Waals surface area contributed by atoms with Crippen LogP contribution in [0.15, 0.2) is 30.3 Å². The van der Waals surface area contributed by atoms with Crippen LogP contribution in [0.5, 0.6) is 0 Å². The minimum absolute atomic E-state index is 0.185. The Labute approximate surface area is 119 Å². The maximum Gasteiger partial charge on any atom is 0.306 e. The number of unbranched alkanes of at least 4 members (excludes halogenated alkanes) is 1. The van der Waals surface area contributed by atoms with Crippen molar-refractivity contribution in [1.29, 1.82) is 0 Å². The molecule has 1 atom stereocenters. The molecule has 19 heavy (non-hydrogen) atoms. The summed E-state index contributed by atoms with van der Waals surface area (Å²) in [5, 5.41) is 9.47. The van der Waals surface area contributed by atoms with Crippen molar-refractivity contribution in [3.8, 4) is 0 Å². The highest BCUT2D eigenvalue weighted by atomic mass is 35.5. The summed E-state index contributed by atoms with van der Waals surface area (Å²) in [6.07, 6.45) is 2.92. The molecule has 0 aromatic heterocycles. The van der Waals surface area contributed by atoms with Crippen LogP contribution < -0.4 is 0 Å². The number of ether oxygens (including phenoxy) is 1. The molecular formula is C15H21ClO3. The maximum absolute atomic E-state index is 11.5. The average molecular weight is 285 g/mol. The first kappa shape index (κ1) is 16.0. The average Bonchev–Trinajstić information content (AvgIpc) is 2.43. The van der Waals surface area contributed by atoms with E-state index < -0.39 is 0 Å². The summed E-state index contributed by atoms with van der Waals surface area (Å²) in [5.74, 6) is 0.288. The Morgan fingerprint density at radius 1 is 1.21 bits per heavy atom. The molecular weight excluding hydrogens is 264 g/mol. The molecule has 0 saturated heterocycles. The van der Waals surface area contributed by atoms with Gasteiger partial charge in [0.15, 0.2) is 0 Å². The Balaban J connectivity index is 2.05. The second-order valence-electron chi connectivity index (χ2n) is 4.52. The molecule has 0 radical (unpaired) electrons. The van der Waals surface area contributed by atoms with Crippen molar-refractivity contribution in [2.45, 2.75) is 44.8 Å². The first-order valence-corrected chi connectivity index (χ1v) is 7.19. The Kier molecular flexibility index (Phi) is 8.26. The Morgan fingerprint density at radius 2 is 1.95 bits per heavy atom. The summed E-state index contributed by atoms with van der Waals surface area (Å²) < 4.78 is 5.16. The Hall–Kier alpha value is -1.06. The van der Waals surface area contributed by atoms with Gasteiger partial charge in [0.25, 0.3) is 0 Å². The molecule has 0 saturated carbocycles. The zero-order valence-corrected chi connectivity index (χ0v) is 11.8. The number of halogens is 1. The first-order chi connectivity index (χ1) is 9.22. The number of benzene rings is 1. The van der Waals surface area contributed by atoms with Gasteiger partial charge in [-0.3, -0.25) is 4.79 Å². The van der Waals surface area contributed by atoms with Crippen molar-refractivity contribution in [2.75, 3.05) is 5.88 Å². The van der Waals surface area contributed by atoms with Crippen molar-refractivity contribution in [3.63, 3.8) is 0 Å². The summed E-state index contributed by atoms with van der Waals surface area (Å²) in [6, 6.07) is 9.62. The van der Waals surface area contributed by atoms with Crippen LogP contribution in [0.3, 0.4) is 0 Å². The summed E-state index contributed by atoms with van der Waals surface area (Å²) in [7, 11) is 0. The van der Waals surface area contributed by atoms with Gasteiger partial charge in [-0.1, -0.05) is 36.8 Å². The van der Waals surface area contributed by atoms with Crippen LogP contribution >= 0.6 is 11.6 Å². The zero-order chi connectivity index (χ0) is 13.9. The van der Waals surface area contributed by atoms with E-state index in [1.54, 1.807) is 0 Å². The molecule has 0 amide bonds. The minimum atomic E-state index is -0.349. The molecule has 4 heteroatoms. The van der Waals surface area contributed by atoms with E-state index in [-0.39, 0.29) is 12.1 Å². The van der Waals surface area contributed by atoms with Crippen LogP contribution in [0.1, 0.15) is 37.7 Å². The highest BCUT2D eigenvalue weighted by molar-refractivity contribution is 6.17. The number of aliphatic hydroxyl groups excluding tert-OH is 1. The van der Waals surface area contributed by atoms with Crippen LogP contribution in [0.4, 0.5) is 0 Å². The monoisotopic (exact) mass is 284 g/mol. The largest absolute Gasteiger partial charge is 0.461 e. The highest BCUT2D eigenvalue weighted by Crippen LogP contribution is 2.09. The van der Waals surface area contributed by atoms with Gasteiger partial charge >= 0.3 is 5.97 Å². The van der Waals surface area contributed by atoms with Gasteiger partial charge in [-0.05, 0) is 24.8 Å². The maximum atomic E-state index is 11.5. The van der Waals surface area contributed by atoms with Crippen molar-refractivity contribution in [3.05, 3.63) is 35.9 Å². The molecule has 0 aliphatic rings. The molecule has 1 aromatic carbocycles. The van der Waals surface area contributed by atoms with Gasteiger partial charge in [0.2, 0.25) is 0 Å². The number of esters is 1. The van der Waals surface area contributed by atoms with Crippen LogP contribution in [0, 0.1) is 0 Å². The number of alkyl halides is 1. The summed E-state index contributed by atoms with van der Waals surface area (Å²) in [6.45, 7) is 0.328. The third-order valence-electron chi connectivity index (χ3n) is 2.85. The fourth-order valence-corrected chi connectivity index (χ4v) is 1.98. The molecule has 0 unspecified atom stereocenters. The summed E-state index contributed by atoms with van der Waals surface area (Å²) in [4.78, 5) is 11.5. The van der Waals surface area contributed by atoms with E-state index in [4.69, 9.17) is 16.3 Å². The minimum Gasteiger partial charge on any atom is -0.461 e. The van der Waals surface area contributed by atoms with Gasteiger partial charge in [-0.25, -0.2) is 0 Å². The van der Waals surface area contributed by atoms with Gasteiger partial charge in [0.1, 0.15) is 6.61 Å². The molecule has 106 valence electrons. The SMILES string of the molecule is O=C(CCCC[C@@H](O)CCCl)OCc1ccccc1. The van der Waals surface area contributed by atoms with Crippen LogP contribution in [0.25, 0.3) is 0 Å². The van der Waals surface area contributed by atoms with Crippen LogP contribution in [-0.2, 0) is 16.1 Å². The highest BCUT2D eigenvalue weighted by Gasteiger charge is 2.06. The molecule has 0 spiro atoms. The van der Waals surface area contributed by atoms with E-state index in [1.807, 2.05) is 30.3 Å². The lowest BCUT2D eigenvalue weighted by molar-refractivity contribution is -0.145. The van der Waals surface area contributed by atoms with Crippen molar-refractivity contribution >= 4 is 17.6 Å². The van der Waals surface area contributed by atoms with E-state index in [2.05, 4.69) is 0 Å². The van der Waals surface area contributed by atoms with Crippen molar-refractivity contribution in [1.82, 2.24) is 0 Å². The van der Waals surface area contributed by atoms with Gasteiger partial charge in [-0.15, -0.1) is 11.6 Å². The Morgan fingerprint density at radius 3 is 2.63 bits per heavy atom. The van der Waals surface area contributed by atoms with E-state index in [0.717, 1.165) is 18.4 Å². The molecule has 0 aliphatic carbocycles. The van der Waals surface area contributed by atoms with Crippen LogP contribution in [-0.4, -0.2) is 23.1 Å². The summed E-state index contributed by atoms with van der Waals surface area (Å²) >= 11 is 5.52. The topological polar surface area (TPSA) is 46.5 Å². The third-order valence-corrected chi connectivity index (χ3v) is 3.07. The molecule has 1 rings (SSSR count). The fourth-order valence-electron chi connectivity index (χ4n) is 1.73. The quantitative estimate of drug-likeness (QED) is 0.430. The van der Waals surface area contributed by atoms with Gasteiger partial charge in [0.05, 0.1) is 6.10 Å². The number of carbonyl (C=O) groups excluding carboxylic acids is 1. The van der Waals surface area contributed by atoms with Crippen LogP contribution in [0.2, 0.25) is 0 Å². The zero-order valence-electron chi connectivity index (χ0n) is 11.1. The molecule has 0 heterocycles. The van der Waals surface area contributed by atoms with Gasteiger partial charge in [0, 0.05) is 12.3 Å². The number of aliphatic hydroxyl groups is 1. The number of hydrogen-bond donors (Lipinski definition) is 1. The van der Waals surface area contributed by atoms with Gasteiger partial charge < -0.3 is 9.84 Å². The lowest BCUT2D eigenvalue weighted by atomic mass is 10.1. The lowest BCUT2D eigenvalue weighted by Gasteiger charge is -2.08. The number of carbonyl (C=O) groups is 1. The molecule has 0 fully saturated rings. The second-order valence-corrected chi connectivity index (χ2v) is 4.90. The molecule has 1 aromatic rings. The smallest absolute Gasteiger partial charge is 0.306 e.